The Labute approximate surface area is 100 Å². The SMILES string of the molecule is Cc1ccc(=O)n(CC(=O)N2CCCCC2)n1. The third kappa shape index (κ3) is 2.93. The van der Waals surface area contributed by atoms with E-state index >= 15 is 0 Å². The van der Waals surface area contributed by atoms with Crippen LogP contribution in [0.2, 0.25) is 0 Å². The predicted octanol–water partition coefficient (Wildman–Crippen LogP) is 0.564. The van der Waals surface area contributed by atoms with Gasteiger partial charge in [0.25, 0.3) is 5.56 Å². The normalized spacial score (nSPS) is 15.9. The van der Waals surface area contributed by atoms with Crippen molar-refractivity contribution in [3.8, 4) is 0 Å². The summed E-state index contributed by atoms with van der Waals surface area (Å²) in [5.41, 5.74) is 0.525. The summed E-state index contributed by atoms with van der Waals surface area (Å²) in [6, 6.07) is 3.11. The van der Waals surface area contributed by atoms with E-state index in [-0.39, 0.29) is 18.0 Å². The summed E-state index contributed by atoms with van der Waals surface area (Å²) in [7, 11) is 0. The number of aromatic nitrogens is 2. The number of nitrogens with zero attached hydrogens (tertiary/aromatic N) is 3. The zero-order chi connectivity index (χ0) is 12.3. The first-order valence-electron chi connectivity index (χ1n) is 5.99. The van der Waals surface area contributed by atoms with Crippen LogP contribution < -0.4 is 5.56 Å². The summed E-state index contributed by atoms with van der Waals surface area (Å²) < 4.78 is 1.24. The minimum absolute atomic E-state index is 0.00935. The second-order valence-corrected chi connectivity index (χ2v) is 4.41. The lowest BCUT2D eigenvalue weighted by Crippen LogP contribution is -2.40. The molecule has 2 heterocycles. The molecule has 0 unspecified atom stereocenters. The summed E-state index contributed by atoms with van der Waals surface area (Å²) in [4.78, 5) is 25.3. The molecule has 1 aliphatic heterocycles. The molecule has 0 aromatic carbocycles. The molecule has 1 fully saturated rings. The second-order valence-electron chi connectivity index (χ2n) is 4.41. The lowest BCUT2D eigenvalue weighted by molar-refractivity contribution is -0.133. The zero-order valence-electron chi connectivity index (χ0n) is 10.1. The van der Waals surface area contributed by atoms with Crippen molar-refractivity contribution in [1.82, 2.24) is 14.7 Å². The van der Waals surface area contributed by atoms with Gasteiger partial charge in [0.2, 0.25) is 5.91 Å². The van der Waals surface area contributed by atoms with Crippen LogP contribution in [0.4, 0.5) is 0 Å². The van der Waals surface area contributed by atoms with Crippen molar-refractivity contribution in [2.75, 3.05) is 13.1 Å². The van der Waals surface area contributed by atoms with Gasteiger partial charge < -0.3 is 4.90 Å². The van der Waals surface area contributed by atoms with Crippen LogP contribution in [-0.4, -0.2) is 33.7 Å². The number of carbonyl (C=O) groups is 1. The maximum Gasteiger partial charge on any atom is 0.267 e. The molecule has 2 rings (SSSR count). The number of amides is 1. The number of hydrogen-bond donors (Lipinski definition) is 0. The summed E-state index contributed by atoms with van der Waals surface area (Å²) in [6.07, 6.45) is 3.30. The molecule has 1 aromatic rings. The van der Waals surface area contributed by atoms with Gasteiger partial charge in [-0.3, -0.25) is 9.59 Å². The molecule has 0 aliphatic carbocycles. The molecule has 0 radical (unpaired) electrons. The smallest absolute Gasteiger partial charge is 0.267 e. The van der Waals surface area contributed by atoms with E-state index in [1.165, 1.54) is 17.2 Å². The summed E-state index contributed by atoms with van der Waals surface area (Å²) in [5, 5.41) is 4.06. The molecule has 0 spiro atoms. The Morgan fingerprint density at radius 3 is 2.71 bits per heavy atom. The maximum atomic E-state index is 12.0. The van der Waals surface area contributed by atoms with Gasteiger partial charge in [0.1, 0.15) is 6.54 Å². The molecule has 1 aromatic heterocycles. The monoisotopic (exact) mass is 235 g/mol. The fraction of sp³-hybridized carbons (Fsp3) is 0.583. The topological polar surface area (TPSA) is 55.2 Å². The van der Waals surface area contributed by atoms with Crippen LogP contribution in [0.1, 0.15) is 25.0 Å². The van der Waals surface area contributed by atoms with E-state index in [2.05, 4.69) is 5.10 Å². The van der Waals surface area contributed by atoms with Crippen LogP contribution in [0.15, 0.2) is 16.9 Å². The Morgan fingerprint density at radius 1 is 1.29 bits per heavy atom. The van der Waals surface area contributed by atoms with Crippen LogP contribution in [0.25, 0.3) is 0 Å². The Balaban J connectivity index is 2.07. The third-order valence-electron chi connectivity index (χ3n) is 2.99. The van der Waals surface area contributed by atoms with Gasteiger partial charge in [0.05, 0.1) is 5.69 Å². The Kier molecular flexibility index (Phi) is 3.56. The molecule has 1 saturated heterocycles. The lowest BCUT2D eigenvalue weighted by atomic mass is 10.1. The van der Waals surface area contributed by atoms with Gasteiger partial charge in [-0.05, 0) is 32.3 Å². The van der Waals surface area contributed by atoms with E-state index in [9.17, 15) is 9.59 Å². The van der Waals surface area contributed by atoms with Gasteiger partial charge in [-0.2, -0.15) is 5.10 Å². The third-order valence-corrected chi connectivity index (χ3v) is 2.99. The molecular formula is C12H17N3O2. The Bertz CT molecular complexity index is 461. The highest BCUT2D eigenvalue weighted by atomic mass is 16.2. The van der Waals surface area contributed by atoms with Crippen LogP contribution in [-0.2, 0) is 11.3 Å². The van der Waals surface area contributed by atoms with Crippen molar-refractivity contribution in [1.29, 1.82) is 0 Å². The first-order valence-corrected chi connectivity index (χ1v) is 5.99. The summed E-state index contributed by atoms with van der Waals surface area (Å²) in [5.74, 6) is -0.00935. The minimum Gasteiger partial charge on any atom is -0.341 e. The van der Waals surface area contributed by atoms with Crippen molar-refractivity contribution < 1.29 is 4.79 Å². The standard InChI is InChI=1S/C12H17N3O2/c1-10-5-6-11(16)15(13-10)9-12(17)14-7-3-2-4-8-14/h5-6H,2-4,7-9H2,1H3. The molecule has 1 aliphatic rings. The number of hydrogen-bond acceptors (Lipinski definition) is 3. The van der Waals surface area contributed by atoms with Crippen molar-refractivity contribution >= 4 is 5.91 Å². The molecule has 5 heteroatoms. The van der Waals surface area contributed by atoms with E-state index in [4.69, 9.17) is 0 Å². The van der Waals surface area contributed by atoms with E-state index in [1.807, 2.05) is 4.90 Å². The fourth-order valence-corrected chi connectivity index (χ4v) is 2.04. The van der Waals surface area contributed by atoms with E-state index in [0.717, 1.165) is 31.6 Å². The lowest BCUT2D eigenvalue weighted by Gasteiger charge is -2.26. The highest BCUT2D eigenvalue weighted by Crippen LogP contribution is 2.08. The van der Waals surface area contributed by atoms with Crippen LogP contribution >= 0.6 is 0 Å². The van der Waals surface area contributed by atoms with Gasteiger partial charge in [-0.15, -0.1) is 0 Å². The molecule has 0 N–H and O–H groups in total. The number of carbonyl (C=O) groups excluding carboxylic acids is 1. The molecule has 0 atom stereocenters. The van der Waals surface area contributed by atoms with Crippen LogP contribution in [0, 0.1) is 6.92 Å². The van der Waals surface area contributed by atoms with Gasteiger partial charge in [0.15, 0.2) is 0 Å². The zero-order valence-corrected chi connectivity index (χ0v) is 10.1. The van der Waals surface area contributed by atoms with Crippen molar-refractivity contribution in [3.63, 3.8) is 0 Å². The van der Waals surface area contributed by atoms with Crippen molar-refractivity contribution in [3.05, 3.63) is 28.2 Å². The molecule has 0 saturated carbocycles. The number of likely N-dealkylation sites (tertiary alicyclic amines) is 1. The maximum absolute atomic E-state index is 12.0. The average molecular weight is 235 g/mol. The summed E-state index contributed by atoms with van der Waals surface area (Å²) in [6.45, 7) is 3.47. The minimum atomic E-state index is -0.221. The quantitative estimate of drug-likeness (QED) is 0.752. The molecule has 5 nitrogen and oxygen atoms in total. The van der Waals surface area contributed by atoms with Gasteiger partial charge in [0, 0.05) is 19.2 Å². The average Bonchev–Trinajstić information content (AvgIpc) is 2.35. The van der Waals surface area contributed by atoms with E-state index < -0.39 is 0 Å². The second kappa shape index (κ2) is 5.12. The molecule has 92 valence electrons. The van der Waals surface area contributed by atoms with E-state index in [1.54, 1.807) is 13.0 Å². The number of piperidine rings is 1. The van der Waals surface area contributed by atoms with Crippen molar-refractivity contribution in [2.45, 2.75) is 32.7 Å². The van der Waals surface area contributed by atoms with Gasteiger partial charge >= 0.3 is 0 Å². The molecule has 0 bridgehead atoms. The number of rotatable bonds is 2. The van der Waals surface area contributed by atoms with Gasteiger partial charge in [-0.1, -0.05) is 0 Å². The number of aryl methyl sites for hydroxylation is 1. The molecule has 1 amide bonds. The van der Waals surface area contributed by atoms with Crippen LogP contribution in [0.5, 0.6) is 0 Å². The van der Waals surface area contributed by atoms with Crippen molar-refractivity contribution in [2.24, 2.45) is 0 Å². The molecular weight excluding hydrogens is 218 g/mol. The first kappa shape index (κ1) is 11.8. The fourth-order valence-electron chi connectivity index (χ4n) is 2.04. The Hall–Kier alpha value is -1.65. The Morgan fingerprint density at radius 2 is 2.00 bits per heavy atom. The first-order chi connectivity index (χ1) is 8.16. The highest BCUT2D eigenvalue weighted by Gasteiger charge is 2.17. The predicted molar refractivity (Wildman–Crippen MR) is 63.7 cm³/mol. The molecule has 17 heavy (non-hydrogen) atoms. The largest absolute Gasteiger partial charge is 0.341 e. The van der Waals surface area contributed by atoms with E-state index in [0.29, 0.717) is 0 Å². The van der Waals surface area contributed by atoms with Crippen LogP contribution in [0.3, 0.4) is 0 Å². The van der Waals surface area contributed by atoms with Gasteiger partial charge in [-0.25, -0.2) is 4.68 Å². The highest BCUT2D eigenvalue weighted by molar-refractivity contribution is 5.75. The summed E-state index contributed by atoms with van der Waals surface area (Å²) >= 11 is 0.